The zero-order valence-corrected chi connectivity index (χ0v) is 13.2. The first-order valence-electron chi connectivity index (χ1n) is 7.73. The standard InChI is InChI=1S/C17H26N2O2/c1-12-7-6-8-14(13(12)2)18-17(21)11-19(3)15-9-4-5-10-16(15)20/h6-8,15-16,20H,4-5,9-11H2,1-3H3,(H,18,21). The Hall–Kier alpha value is -1.39. The highest BCUT2D eigenvalue weighted by atomic mass is 16.3. The Bertz CT molecular complexity index is 502. The molecular formula is C17H26N2O2. The molecule has 1 aromatic rings. The minimum atomic E-state index is -0.308. The molecule has 1 aromatic carbocycles. The number of likely N-dealkylation sites (N-methyl/N-ethyl adjacent to an activating group) is 1. The second kappa shape index (κ2) is 7.05. The van der Waals surface area contributed by atoms with Gasteiger partial charge in [-0.05, 0) is 50.9 Å². The number of nitrogens with zero attached hydrogens (tertiary/aromatic N) is 1. The summed E-state index contributed by atoms with van der Waals surface area (Å²) in [6, 6.07) is 6.01. The number of aliphatic hydroxyl groups excluding tert-OH is 1. The van der Waals surface area contributed by atoms with Gasteiger partial charge in [-0.2, -0.15) is 0 Å². The summed E-state index contributed by atoms with van der Waals surface area (Å²) in [5.41, 5.74) is 3.15. The lowest BCUT2D eigenvalue weighted by molar-refractivity contribution is -0.118. The molecule has 0 heterocycles. The van der Waals surface area contributed by atoms with E-state index in [-0.39, 0.29) is 18.1 Å². The Morgan fingerprint density at radius 2 is 2.05 bits per heavy atom. The summed E-state index contributed by atoms with van der Waals surface area (Å²) in [6.45, 7) is 4.37. The summed E-state index contributed by atoms with van der Waals surface area (Å²) in [7, 11) is 1.92. The maximum Gasteiger partial charge on any atom is 0.238 e. The van der Waals surface area contributed by atoms with Crippen molar-refractivity contribution in [2.75, 3.05) is 18.9 Å². The van der Waals surface area contributed by atoms with Crippen molar-refractivity contribution in [3.05, 3.63) is 29.3 Å². The first-order chi connectivity index (χ1) is 9.99. The zero-order chi connectivity index (χ0) is 15.4. The van der Waals surface area contributed by atoms with Gasteiger partial charge < -0.3 is 10.4 Å². The van der Waals surface area contributed by atoms with Gasteiger partial charge in [-0.1, -0.05) is 25.0 Å². The molecule has 2 rings (SSSR count). The lowest BCUT2D eigenvalue weighted by Crippen LogP contribution is -2.46. The van der Waals surface area contributed by atoms with E-state index in [4.69, 9.17) is 0 Å². The van der Waals surface area contributed by atoms with Crippen LogP contribution in [0.4, 0.5) is 5.69 Å². The maximum atomic E-state index is 12.2. The molecule has 1 amide bonds. The molecule has 1 aliphatic carbocycles. The van der Waals surface area contributed by atoms with Gasteiger partial charge >= 0.3 is 0 Å². The van der Waals surface area contributed by atoms with Gasteiger partial charge in [0, 0.05) is 11.7 Å². The lowest BCUT2D eigenvalue weighted by Gasteiger charge is -2.34. The van der Waals surface area contributed by atoms with Crippen molar-refractivity contribution in [3.8, 4) is 0 Å². The summed E-state index contributed by atoms with van der Waals surface area (Å²) in [4.78, 5) is 14.2. The summed E-state index contributed by atoms with van der Waals surface area (Å²) in [5.74, 6) is -0.0241. The van der Waals surface area contributed by atoms with Crippen molar-refractivity contribution in [2.45, 2.75) is 51.7 Å². The van der Waals surface area contributed by atoms with Gasteiger partial charge in [-0.25, -0.2) is 0 Å². The van der Waals surface area contributed by atoms with Crippen LogP contribution in [0.1, 0.15) is 36.8 Å². The van der Waals surface area contributed by atoms with E-state index in [0.29, 0.717) is 6.54 Å². The van der Waals surface area contributed by atoms with Gasteiger partial charge in [0.1, 0.15) is 0 Å². The topological polar surface area (TPSA) is 52.6 Å². The van der Waals surface area contributed by atoms with E-state index < -0.39 is 0 Å². The van der Waals surface area contributed by atoms with Crippen molar-refractivity contribution in [3.63, 3.8) is 0 Å². The SMILES string of the molecule is Cc1cccc(NC(=O)CN(C)C2CCCCC2O)c1C. The Morgan fingerprint density at radius 3 is 2.76 bits per heavy atom. The van der Waals surface area contributed by atoms with E-state index in [1.54, 1.807) is 0 Å². The zero-order valence-electron chi connectivity index (χ0n) is 13.2. The number of aryl methyl sites for hydroxylation is 1. The fourth-order valence-electron chi connectivity index (χ4n) is 3.03. The third-order valence-electron chi connectivity index (χ3n) is 4.53. The molecule has 116 valence electrons. The van der Waals surface area contributed by atoms with Gasteiger partial charge in [-0.3, -0.25) is 9.69 Å². The number of carbonyl (C=O) groups excluding carboxylic acids is 1. The van der Waals surface area contributed by atoms with Crippen LogP contribution in [0.3, 0.4) is 0 Å². The van der Waals surface area contributed by atoms with Crippen molar-refractivity contribution in [2.24, 2.45) is 0 Å². The molecule has 21 heavy (non-hydrogen) atoms. The smallest absolute Gasteiger partial charge is 0.238 e. The number of anilines is 1. The lowest BCUT2D eigenvalue weighted by atomic mass is 9.91. The number of hydrogen-bond acceptors (Lipinski definition) is 3. The number of hydrogen-bond donors (Lipinski definition) is 2. The molecule has 0 aromatic heterocycles. The molecule has 0 aliphatic heterocycles. The van der Waals surface area contributed by atoms with Gasteiger partial charge in [0.05, 0.1) is 12.6 Å². The number of benzene rings is 1. The van der Waals surface area contributed by atoms with Crippen molar-refractivity contribution >= 4 is 11.6 Å². The fraction of sp³-hybridized carbons (Fsp3) is 0.588. The molecule has 1 saturated carbocycles. The molecule has 1 fully saturated rings. The maximum absolute atomic E-state index is 12.2. The third kappa shape index (κ3) is 4.05. The number of rotatable bonds is 4. The average molecular weight is 290 g/mol. The number of aliphatic hydroxyl groups is 1. The van der Waals surface area contributed by atoms with E-state index in [9.17, 15) is 9.90 Å². The van der Waals surface area contributed by atoms with Crippen molar-refractivity contribution in [1.82, 2.24) is 4.90 Å². The summed E-state index contributed by atoms with van der Waals surface area (Å²) in [5, 5.41) is 13.0. The number of nitrogens with one attached hydrogen (secondary N) is 1. The van der Waals surface area contributed by atoms with E-state index in [1.807, 2.05) is 44.0 Å². The molecule has 0 bridgehead atoms. The molecule has 2 atom stereocenters. The van der Waals surface area contributed by atoms with Crippen LogP contribution < -0.4 is 5.32 Å². The second-order valence-corrected chi connectivity index (χ2v) is 6.13. The van der Waals surface area contributed by atoms with Crippen LogP contribution in [0.15, 0.2) is 18.2 Å². The van der Waals surface area contributed by atoms with E-state index >= 15 is 0 Å². The Labute approximate surface area is 127 Å². The molecule has 0 saturated heterocycles. The molecular weight excluding hydrogens is 264 g/mol. The molecule has 1 aliphatic rings. The van der Waals surface area contributed by atoms with Crippen LogP contribution in [0, 0.1) is 13.8 Å². The van der Waals surface area contributed by atoms with Crippen LogP contribution in [0.25, 0.3) is 0 Å². The Kier molecular flexibility index (Phi) is 5.37. The molecule has 4 nitrogen and oxygen atoms in total. The predicted molar refractivity (Wildman–Crippen MR) is 85.4 cm³/mol. The van der Waals surface area contributed by atoms with Gasteiger partial charge in [-0.15, -0.1) is 0 Å². The summed E-state index contributed by atoms with van der Waals surface area (Å²) in [6.07, 6.45) is 3.71. The van der Waals surface area contributed by atoms with E-state index in [1.165, 1.54) is 5.56 Å². The first-order valence-corrected chi connectivity index (χ1v) is 7.73. The highest BCUT2D eigenvalue weighted by Crippen LogP contribution is 2.22. The van der Waals surface area contributed by atoms with Gasteiger partial charge in [0.2, 0.25) is 5.91 Å². The molecule has 0 radical (unpaired) electrons. The fourth-order valence-corrected chi connectivity index (χ4v) is 3.03. The molecule has 4 heteroatoms. The number of carbonyl (C=O) groups is 1. The summed E-state index contributed by atoms with van der Waals surface area (Å²) >= 11 is 0. The van der Waals surface area contributed by atoms with E-state index in [0.717, 1.165) is 36.9 Å². The van der Waals surface area contributed by atoms with Gasteiger partial charge in [0.25, 0.3) is 0 Å². The third-order valence-corrected chi connectivity index (χ3v) is 4.53. The van der Waals surface area contributed by atoms with E-state index in [2.05, 4.69) is 5.32 Å². The summed E-state index contributed by atoms with van der Waals surface area (Å²) < 4.78 is 0. The van der Waals surface area contributed by atoms with Crippen LogP contribution >= 0.6 is 0 Å². The molecule has 0 spiro atoms. The monoisotopic (exact) mass is 290 g/mol. The minimum Gasteiger partial charge on any atom is -0.391 e. The largest absolute Gasteiger partial charge is 0.391 e. The highest BCUT2D eigenvalue weighted by molar-refractivity contribution is 5.93. The number of amides is 1. The normalized spacial score (nSPS) is 22.3. The highest BCUT2D eigenvalue weighted by Gasteiger charge is 2.27. The van der Waals surface area contributed by atoms with Crippen LogP contribution in [-0.4, -0.2) is 41.7 Å². The predicted octanol–water partition coefficient (Wildman–Crippen LogP) is 2.48. The van der Waals surface area contributed by atoms with Crippen LogP contribution in [0.5, 0.6) is 0 Å². The van der Waals surface area contributed by atoms with Crippen LogP contribution in [-0.2, 0) is 4.79 Å². The van der Waals surface area contributed by atoms with Crippen molar-refractivity contribution < 1.29 is 9.90 Å². The first kappa shape index (κ1) is 16.0. The van der Waals surface area contributed by atoms with Gasteiger partial charge in [0.15, 0.2) is 0 Å². The quantitative estimate of drug-likeness (QED) is 0.895. The van der Waals surface area contributed by atoms with Crippen LogP contribution in [0.2, 0.25) is 0 Å². The molecule has 2 unspecified atom stereocenters. The van der Waals surface area contributed by atoms with Crippen molar-refractivity contribution in [1.29, 1.82) is 0 Å². The average Bonchev–Trinajstić information content (AvgIpc) is 2.44. The minimum absolute atomic E-state index is 0.0241. The Balaban J connectivity index is 1.93. The molecule has 2 N–H and O–H groups in total. The second-order valence-electron chi connectivity index (χ2n) is 6.13. The Morgan fingerprint density at radius 1 is 1.33 bits per heavy atom.